The number of pyridine rings is 2. The maximum atomic E-state index is 12.4. The summed E-state index contributed by atoms with van der Waals surface area (Å²) in [4.78, 5) is 31.3. The lowest BCUT2D eigenvalue weighted by Crippen LogP contribution is -2.12. The van der Waals surface area contributed by atoms with Crippen molar-refractivity contribution in [2.75, 3.05) is 6.61 Å². The van der Waals surface area contributed by atoms with Crippen LogP contribution in [0.2, 0.25) is 0 Å². The molecule has 2 heterocycles. The van der Waals surface area contributed by atoms with Gasteiger partial charge in [-0.3, -0.25) is 4.79 Å². The van der Waals surface area contributed by atoms with E-state index >= 15 is 0 Å². The van der Waals surface area contributed by atoms with Crippen LogP contribution in [0.5, 0.6) is 0 Å². The monoisotopic (exact) mass is 308 g/mol. The first-order valence-corrected chi connectivity index (χ1v) is 7.37. The molecule has 0 spiro atoms. The number of aryl methyl sites for hydroxylation is 1. The van der Waals surface area contributed by atoms with Crippen molar-refractivity contribution in [3.8, 4) is 11.1 Å². The van der Waals surface area contributed by atoms with Gasteiger partial charge in [-0.25, -0.2) is 9.78 Å². The summed E-state index contributed by atoms with van der Waals surface area (Å²) < 4.78 is 4.96. The Bertz CT molecular complexity index is 930. The number of fused-ring (bicyclic) bond motifs is 1. The van der Waals surface area contributed by atoms with Crippen molar-refractivity contribution in [2.24, 2.45) is 0 Å². The van der Waals surface area contributed by atoms with Gasteiger partial charge in [0.05, 0.1) is 12.1 Å². The fraction of sp³-hybridized carbons (Fsp3) is 0.167. The van der Waals surface area contributed by atoms with E-state index in [2.05, 4.69) is 9.97 Å². The molecule has 2 aromatic heterocycles. The van der Waals surface area contributed by atoms with E-state index < -0.39 is 5.97 Å². The minimum absolute atomic E-state index is 0.194. The molecule has 0 aliphatic heterocycles. The molecule has 0 amide bonds. The van der Waals surface area contributed by atoms with E-state index in [1.54, 1.807) is 26.0 Å². The largest absolute Gasteiger partial charge is 0.461 e. The van der Waals surface area contributed by atoms with Crippen LogP contribution in [0.4, 0.5) is 0 Å². The highest BCUT2D eigenvalue weighted by molar-refractivity contribution is 5.93. The van der Waals surface area contributed by atoms with Crippen LogP contribution in [-0.4, -0.2) is 22.5 Å². The third-order valence-electron chi connectivity index (χ3n) is 3.60. The first-order valence-electron chi connectivity index (χ1n) is 7.37. The molecular weight excluding hydrogens is 292 g/mol. The number of nitrogens with one attached hydrogen (secondary N) is 1. The first-order chi connectivity index (χ1) is 11.1. The van der Waals surface area contributed by atoms with Crippen LogP contribution in [0.1, 0.15) is 23.1 Å². The van der Waals surface area contributed by atoms with Crippen LogP contribution in [0.15, 0.2) is 47.3 Å². The summed E-state index contributed by atoms with van der Waals surface area (Å²) in [5, 5.41) is 0.802. The van der Waals surface area contributed by atoms with Crippen molar-refractivity contribution >= 4 is 16.9 Å². The van der Waals surface area contributed by atoms with Gasteiger partial charge < -0.3 is 9.72 Å². The lowest BCUT2D eigenvalue weighted by molar-refractivity contribution is 0.0519. The highest BCUT2D eigenvalue weighted by atomic mass is 16.5. The number of aromatic amines is 1. The van der Waals surface area contributed by atoms with Crippen molar-refractivity contribution in [3.63, 3.8) is 0 Å². The van der Waals surface area contributed by atoms with E-state index in [9.17, 15) is 9.59 Å². The van der Waals surface area contributed by atoms with Crippen LogP contribution >= 0.6 is 0 Å². The standard InChI is InChI=1S/C18H16N2O3/c1-3-23-18(22)16-10-15-13(11(2)19-16)9-14(17(21)20-15)12-7-5-4-6-8-12/h4-10H,3H2,1-2H3,(H,20,21). The van der Waals surface area contributed by atoms with Crippen molar-refractivity contribution in [1.82, 2.24) is 9.97 Å². The summed E-state index contributed by atoms with van der Waals surface area (Å²) in [5.41, 5.74) is 2.64. The number of aromatic nitrogens is 2. The van der Waals surface area contributed by atoms with E-state index in [-0.39, 0.29) is 17.9 Å². The third-order valence-corrected chi connectivity index (χ3v) is 3.60. The molecule has 3 aromatic rings. The Labute approximate surface area is 133 Å². The maximum absolute atomic E-state index is 12.4. The highest BCUT2D eigenvalue weighted by Gasteiger charge is 2.13. The summed E-state index contributed by atoms with van der Waals surface area (Å²) in [6.45, 7) is 3.82. The highest BCUT2D eigenvalue weighted by Crippen LogP contribution is 2.22. The number of rotatable bonds is 3. The average Bonchev–Trinajstić information content (AvgIpc) is 2.55. The predicted octanol–water partition coefficient (Wildman–Crippen LogP) is 3.08. The van der Waals surface area contributed by atoms with Gasteiger partial charge in [0, 0.05) is 16.6 Å². The summed E-state index contributed by atoms with van der Waals surface area (Å²) in [6.07, 6.45) is 0. The van der Waals surface area contributed by atoms with Crippen LogP contribution in [0.3, 0.4) is 0 Å². The first kappa shape index (κ1) is 15.0. The van der Waals surface area contributed by atoms with Crippen molar-refractivity contribution in [3.05, 3.63) is 64.2 Å². The molecule has 0 atom stereocenters. The molecule has 0 radical (unpaired) electrons. The van der Waals surface area contributed by atoms with Crippen LogP contribution in [-0.2, 0) is 4.74 Å². The molecule has 1 aromatic carbocycles. The summed E-state index contributed by atoms with van der Waals surface area (Å²) in [7, 11) is 0. The zero-order valence-corrected chi connectivity index (χ0v) is 12.9. The SMILES string of the molecule is CCOC(=O)c1cc2[nH]c(=O)c(-c3ccccc3)cc2c(C)n1. The third kappa shape index (κ3) is 2.85. The second kappa shape index (κ2) is 6.04. The normalized spacial score (nSPS) is 10.7. The average molecular weight is 308 g/mol. The van der Waals surface area contributed by atoms with Gasteiger partial charge in [0.2, 0.25) is 0 Å². The minimum atomic E-state index is -0.495. The van der Waals surface area contributed by atoms with Crippen LogP contribution < -0.4 is 5.56 Å². The van der Waals surface area contributed by atoms with Crippen molar-refractivity contribution < 1.29 is 9.53 Å². The lowest BCUT2D eigenvalue weighted by Gasteiger charge is -2.08. The lowest BCUT2D eigenvalue weighted by atomic mass is 10.0. The Balaban J connectivity index is 2.18. The molecule has 116 valence electrons. The Hall–Kier alpha value is -2.95. The molecule has 1 N–H and O–H groups in total. The number of hydrogen-bond donors (Lipinski definition) is 1. The smallest absolute Gasteiger partial charge is 0.356 e. The molecule has 0 saturated carbocycles. The van der Waals surface area contributed by atoms with Crippen molar-refractivity contribution in [2.45, 2.75) is 13.8 Å². The van der Waals surface area contributed by atoms with Crippen LogP contribution in [0.25, 0.3) is 22.0 Å². The Morgan fingerprint density at radius 1 is 1.22 bits per heavy atom. The van der Waals surface area contributed by atoms with Gasteiger partial charge in [0.25, 0.3) is 5.56 Å². The number of carbonyl (C=O) groups excluding carboxylic acids is 1. The molecule has 0 unspecified atom stereocenters. The number of ether oxygens (including phenoxy) is 1. The van der Waals surface area contributed by atoms with Crippen LogP contribution in [0, 0.1) is 6.92 Å². The Morgan fingerprint density at radius 2 is 1.96 bits per heavy atom. The number of H-pyrrole nitrogens is 1. The van der Waals surface area contributed by atoms with Gasteiger partial charge in [0.15, 0.2) is 5.69 Å². The summed E-state index contributed by atoms with van der Waals surface area (Å²) in [5.74, 6) is -0.495. The number of nitrogens with zero attached hydrogens (tertiary/aromatic N) is 1. The Morgan fingerprint density at radius 3 is 2.65 bits per heavy atom. The van der Waals surface area contributed by atoms with Gasteiger partial charge in [-0.05, 0) is 31.5 Å². The second-order valence-electron chi connectivity index (χ2n) is 5.15. The quantitative estimate of drug-likeness (QED) is 0.755. The van der Waals surface area contributed by atoms with Gasteiger partial charge in [-0.1, -0.05) is 30.3 Å². The number of benzene rings is 1. The molecule has 0 saturated heterocycles. The van der Waals surface area contributed by atoms with E-state index in [0.717, 1.165) is 10.9 Å². The van der Waals surface area contributed by atoms with E-state index in [1.165, 1.54) is 0 Å². The molecule has 0 aliphatic carbocycles. The molecule has 5 nitrogen and oxygen atoms in total. The molecule has 23 heavy (non-hydrogen) atoms. The number of esters is 1. The summed E-state index contributed by atoms with van der Waals surface area (Å²) in [6, 6.07) is 12.8. The van der Waals surface area contributed by atoms with Crippen molar-refractivity contribution in [1.29, 1.82) is 0 Å². The molecular formula is C18H16N2O3. The zero-order valence-electron chi connectivity index (χ0n) is 12.9. The molecule has 5 heteroatoms. The topological polar surface area (TPSA) is 72.1 Å². The number of hydrogen-bond acceptors (Lipinski definition) is 4. The Kier molecular flexibility index (Phi) is 3.93. The number of carbonyl (C=O) groups is 1. The molecule has 0 aliphatic rings. The van der Waals surface area contributed by atoms with E-state index in [0.29, 0.717) is 16.8 Å². The minimum Gasteiger partial charge on any atom is -0.461 e. The fourth-order valence-corrected chi connectivity index (χ4v) is 2.51. The zero-order chi connectivity index (χ0) is 16.4. The van der Waals surface area contributed by atoms with Gasteiger partial charge in [0.1, 0.15) is 0 Å². The molecule has 0 bridgehead atoms. The molecule has 3 rings (SSSR count). The predicted molar refractivity (Wildman–Crippen MR) is 88.5 cm³/mol. The maximum Gasteiger partial charge on any atom is 0.356 e. The second-order valence-corrected chi connectivity index (χ2v) is 5.15. The van der Waals surface area contributed by atoms with Gasteiger partial charge >= 0.3 is 5.97 Å². The molecule has 0 fully saturated rings. The van der Waals surface area contributed by atoms with E-state index in [1.807, 2.05) is 30.3 Å². The fourth-order valence-electron chi connectivity index (χ4n) is 2.51. The van der Waals surface area contributed by atoms with Gasteiger partial charge in [-0.2, -0.15) is 0 Å². The van der Waals surface area contributed by atoms with Gasteiger partial charge in [-0.15, -0.1) is 0 Å². The van der Waals surface area contributed by atoms with E-state index in [4.69, 9.17) is 4.74 Å². The summed E-state index contributed by atoms with van der Waals surface area (Å²) >= 11 is 0.